The van der Waals surface area contributed by atoms with Gasteiger partial charge in [-0.1, -0.05) is 30.3 Å². The number of carbonyl (C=O) groups is 1. The van der Waals surface area contributed by atoms with Gasteiger partial charge in [-0.05, 0) is 30.2 Å². The van der Waals surface area contributed by atoms with Crippen LogP contribution >= 0.6 is 11.8 Å². The molecule has 0 aliphatic carbocycles. The molecule has 2 N–H and O–H groups in total. The average Bonchev–Trinajstić information content (AvgIpc) is 2.98. The molecule has 1 aliphatic rings. The maximum absolute atomic E-state index is 12.4. The van der Waals surface area contributed by atoms with Gasteiger partial charge in [0.25, 0.3) is 0 Å². The molecule has 116 valence electrons. The van der Waals surface area contributed by atoms with Crippen molar-refractivity contribution in [1.29, 1.82) is 0 Å². The molecule has 1 atom stereocenters. The summed E-state index contributed by atoms with van der Waals surface area (Å²) >= 11 is 1.84. The van der Waals surface area contributed by atoms with Crippen molar-refractivity contribution >= 4 is 28.8 Å². The van der Waals surface area contributed by atoms with Crippen LogP contribution in [0.2, 0.25) is 0 Å². The molecule has 0 saturated carbocycles. The van der Waals surface area contributed by atoms with Crippen molar-refractivity contribution in [3.63, 3.8) is 0 Å². The maximum Gasteiger partial charge on any atom is 0.334 e. The Balaban J connectivity index is 1.51. The normalized spacial score (nSPS) is 16.8. The third-order valence-electron chi connectivity index (χ3n) is 3.94. The van der Waals surface area contributed by atoms with Crippen LogP contribution in [0.25, 0.3) is 11.0 Å². The van der Waals surface area contributed by atoms with Crippen LogP contribution in [-0.4, -0.2) is 21.4 Å². The summed E-state index contributed by atoms with van der Waals surface area (Å²) < 4.78 is 1.65. The smallest absolute Gasteiger partial charge is 0.330 e. The largest absolute Gasteiger partial charge is 0.334 e. The molecule has 3 aromatic rings. The zero-order valence-corrected chi connectivity index (χ0v) is 13.2. The third kappa shape index (κ3) is 2.77. The molecule has 0 bridgehead atoms. The number of benzene rings is 2. The first-order valence-electron chi connectivity index (χ1n) is 7.52. The van der Waals surface area contributed by atoms with Crippen molar-refractivity contribution in [2.45, 2.75) is 17.4 Å². The number of nitrogens with zero attached hydrogens (tertiary/aromatic N) is 2. The van der Waals surface area contributed by atoms with Crippen LogP contribution in [-0.2, 0) is 0 Å². The van der Waals surface area contributed by atoms with Crippen LogP contribution in [0.15, 0.2) is 59.8 Å². The first-order chi connectivity index (χ1) is 11.3. The fourth-order valence-corrected chi connectivity index (χ4v) is 3.97. The highest BCUT2D eigenvalue weighted by molar-refractivity contribution is 7.99. The molecule has 2 amide bonds. The molecular weight excluding hydrogens is 308 g/mol. The minimum absolute atomic E-state index is 0.0437. The lowest BCUT2D eigenvalue weighted by atomic mass is 10.0. The zero-order chi connectivity index (χ0) is 15.6. The van der Waals surface area contributed by atoms with Crippen LogP contribution < -0.4 is 10.7 Å². The fourth-order valence-electron chi connectivity index (χ4n) is 2.84. The van der Waals surface area contributed by atoms with Gasteiger partial charge in [-0.25, -0.2) is 19.9 Å². The highest BCUT2D eigenvalue weighted by atomic mass is 32.2. The van der Waals surface area contributed by atoms with E-state index in [1.165, 1.54) is 10.5 Å². The summed E-state index contributed by atoms with van der Waals surface area (Å²) in [5.41, 5.74) is 5.76. The fraction of sp³-hybridized carbons (Fsp3) is 0.176. The number of fused-ring (bicyclic) bond motifs is 2. The summed E-state index contributed by atoms with van der Waals surface area (Å²) in [6, 6.07) is 15.8. The highest BCUT2D eigenvalue weighted by Crippen LogP contribution is 2.35. The summed E-state index contributed by atoms with van der Waals surface area (Å²) in [5.74, 6) is 1.01. The van der Waals surface area contributed by atoms with E-state index < -0.39 is 0 Å². The minimum atomic E-state index is -0.222. The van der Waals surface area contributed by atoms with E-state index in [4.69, 9.17) is 0 Å². The molecule has 0 radical (unpaired) electrons. The van der Waals surface area contributed by atoms with Gasteiger partial charge in [0.2, 0.25) is 0 Å². The summed E-state index contributed by atoms with van der Waals surface area (Å²) in [4.78, 5) is 17.9. The number of rotatable bonds is 2. The van der Waals surface area contributed by atoms with Crippen LogP contribution in [0.5, 0.6) is 0 Å². The number of imidazole rings is 1. The molecular formula is C17H16N4OS. The number of thioether (sulfide) groups is 1. The van der Waals surface area contributed by atoms with Crippen LogP contribution in [0.3, 0.4) is 0 Å². The molecule has 23 heavy (non-hydrogen) atoms. The van der Waals surface area contributed by atoms with Crippen molar-refractivity contribution in [1.82, 2.24) is 15.0 Å². The average molecular weight is 324 g/mol. The number of para-hydroxylation sites is 2. The van der Waals surface area contributed by atoms with E-state index in [9.17, 15) is 4.79 Å². The molecule has 2 aromatic carbocycles. The SMILES string of the molecule is O=C(NC1CCSc2ccccc21)Nn1cnc2ccccc21. The molecule has 1 aromatic heterocycles. The molecule has 0 saturated heterocycles. The Bertz CT molecular complexity index is 860. The van der Waals surface area contributed by atoms with Crippen LogP contribution in [0.1, 0.15) is 18.0 Å². The second-order valence-electron chi connectivity index (χ2n) is 5.42. The van der Waals surface area contributed by atoms with Gasteiger partial charge < -0.3 is 5.32 Å². The number of amides is 2. The van der Waals surface area contributed by atoms with E-state index in [-0.39, 0.29) is 12.1 Å². The minimum Gasteiger partial charge on any atom is -0.330 e. The Kier molecular flexibility index (Phi) is 3.67. The van der Waals surface area contributed by atoms with Gasteiger partial charge in [0, 0.05) is 10.6 Å². The Morgan fingerprint density at radius 3 is 2.96 bits per heavy atom. The van der Waals surface area contributed by atoms with Gasteiger partial charge in [-0.3, -0.25) is 0 Å². The standard InChI is InChI=1S/C17H16N4OS/c22-17(20-21-11-18-14-6-2-3-7-15(14)21)19-13-9-10-23-16-8-4-1-5-12(13)16/h1-8,11,13H,9-10H2,(H2,19,20,22). The van der Waals surface area contributed by atoms with Crippen LogP contribution in [0.4, 0.5) is 4.79 Å². The maximum atomic E-state index is 12.4. The predicted molar refractivity (Wildman–Crippen MR) is 92.1 cm³/mol. The van der Waals surface area contributed by atoms with E-state index in [0.717, 1.165) is 23.2 Å². The van der Waals surface area contributed by atoms with Crippen LogP contribution in [0, 0.1) is 0 Å². The number of carbonyl (C=O) groups excluding carboxylic acids is 1. The van der Waals surface area contributed by atoms with Gasteiger partial charge in [0.15, 0.2) is 0 Å². The summed E-state index contributed by atoms with van der Waals surface area (Å²) in [5, 5.41) is 3.07. The van der Waals surface area contributed by atoms with Gasteiger partial charge in [0.1, 0.15) is 6.33 Å². The quantitative estimate of drug-likeness (QED) is 0.758. The summed E-state index contributed by atoms with van der Waals surface area (Å²) in [7, 11) is 0. The molecule has 1 aliphatic heterocycles. The number of aromatic nitrogens is 2. The Hall–Kier alpha value is -2.47. The van der Waals surface area contributed by atoms with E-state index in [1.807, 2.05) is 48.2 Å². The van der Waals surface area contributed by atoms with Gasteiger partial charge in [-0.2, -0.15) is 0 Å². The van der Waals surface area contributed by atoms with E-state index >= 15 is 0 Å². The topological polar surface area (TPSA) is 59.0 Å². The van der Waals surface area contributed by atoms with Crippen molar-refractivity contribution in [2.75, 3.05) is 11.2 Å². The van der Waals surface area contributed by atoms with Crippen molar-refractivity contribution in [2.24, 2.45) is 0 Å². The number of nitrogens with one attached hydrogen (secondary N) is 2. The van der Waals surface area contributed by atoms with Gasteiger partial charge in [-0.15, -0.1) is 11.8 Å². The zero-order valence-electron chi connectivity index (χ0n) is 12.4. The first-order valence-corrected chi connectivity index (χ1v) is 8.51. The molecule has 5 nitrogen and oxygen atoms in total. The van der Waals surface area contributed by atoms with E-state index in [2.05, 4.69) is 27.9 Å². The monoisotopic (exact) mass is 324 g/mol. The Labute approximate surface area is 138 Å². The second-order valence-corrected chi connectivity index (χ2v) is 6.55. The lowest BCUT2D eigenvalue weighted by molar-refractivity contribution is 0.245. The highest BCUT2D eigenvalue weighted by Gasteiger charge is 2.22. The summed E-state index contributed by atoms with van der Waals surface area (Å²) in [6.07, 6.45) is 2.55. The molecule has 4 rings (SSSR count). The first kappa shape index (κ1) is 14.1. The number of urea groups is 1. The third-order valence-corrected chi connectivity index (χ3v) is 5.06. The molecule has 1 unspecified atom stereocenters. The number of hydrogen-bond acceptors (Lipinski definition) is 3. The molecule has 0 spiro atoms. The number of hydrogen-bond donors (Lipinski definition) is 2. The van der Waals surface area contributed by atoms with E-state index in [0.29, 0.717) is 0 Å². The van der Waals surface area contributed by atoms with Crippen molar-refractivity contribution in [3.8, 4) is 0 Å². The van der Waals surface area contributed by atoms with Crippen molar-refractivity contribution < 1.29 is 4.79 Å². The molecule has 2 heterocycles. The van der Waals surface area contributed by atoms with Crippen molar-refractivity contribution in [3.05, 3.63) is 60.4 Å². The molecule has 0 fully saturated rings. The Morgan fingerprint density at radius 2 is 2.00 bits per heavy atom. The van der Waals surface area contributed by atoms with Gasteiger partial charge >= 0.3 is 6.03 Å². The second kappa shape index (κ2) is 5.96. The Morgan fingerprint density at radius 1 is 1.17 bits per heavy atom. The van der Waals surface area contributed by atoms with Gasteiger partial charge in [0.05, 0.1) is 17.1 Å². The lowest BCUT2D eigenvalue weighted by Gasteiger charge is -2.26. The molecule has 6 heteroatoms. The van der Waals surface area contributed by atoms with E-state index in [1.54, 1.807) is 11.0 Å². The lowest BCUT2D eigenvalue weighted by Crippen LogP contribution is -2.37. The predicted octanol–water partition coefficient (Wildman–Crippen LogP) is 3.53. The summed E-state index contributed by atoms with van der Waals surface area (Å²) in [6.45, 7) is 0.